The average molecular weight is 749 g/mol. The first-order chi connectivity index (χ1) is 23.1. The zero-order valence-electron chi connectivity index (χ0n) is 26.4. The molecule has 0 N–H and O–H groups in total. The van der Waals surface area contributed by atoms with E-state index >= 15 is 0 Å². The predicted octanol–water partition coefficient (Wildman–Crippen LogP) is 7.31. The molecule has 0 bridgehead atoms. The van der Waals surface area contributed by atoms with Gasteiger partial charge >= 0.3 is 39.4 Å². The number of methoxy groups -OCH3 is 1. The van der Waals surface area contributed by atoms with Crippen molar-refractivity contribution in [2.75, 3.05) is 7.11 Å². The molecular weight excluding hydrogens is 716 g/mol. The molecule has 0 aliphatic rings. The Hall–Kier alpha value is -3.92. The van der Waals surface area contributed by atoms with E-state index in [-0.39, 0.29) is 17.4 Å². The van der Waals surface area contributed by atoms with E-state index in [2.05, 4.69) is 148 Å². The molecule has 0 atom stereocenters. The number of allylic oxidation sites excluding steroid dienone is 1. The smallest absolute Gasteiger partial charge is 0 e. The molecule has 0 aromatic heterocycles. The van der Waals surface area contributed by atoms with Crippen LogP contribution in [0.2, 0.25) is 0 Å². The molecule has 4 rings (SSSR count). The van der Waals surface area contributed by atoms with Crippen molar-refractivity contribution in [3.63, 3.8) is 0 Å². The van der Waals surface area contributed by atoms with Gasteiger partial charge in [0.1, 0.15) is 21.7 Å². The van der Waals surface area contributed by atoms with E-state index in [0.29, 0.717) is 0 Å². The fourth-order valence-electron chi connectivity index (χ4n) is 4.46. The summed E-state index contributed by atoms with van der Waals surface area (Å²) in [5.41, 5.74) is -0.703. The van der Waals surface area contributed by atoms with Crippen LogP contribution >= 0.6 is 7.26 Å². The number of benzene rings is 4. The Labute approximate surface area is 296 Å². The number of hydrogen-bond donors (Lipinski definition) is 0. The molecule has 7 nitrogen and oxygen atoms in total. The third-order valence-electron chi connectivity index (χ3n) is 6.35. The van der Waals surface area contributed by atoms with Gasteiger partial charge in [-0.15, -0.1) is 0 Å². The Kier molecular flexibility index (Phi) is 24.2. The van der Waals surface area contributed by atoms with Gasteiger partial charge in [0.25, 0.3) is 0 Å². The molecule has 49 heavy (non-hydrogen) atoms. The molecule has 0 unspecified atom stereocenters. The average Bonchev–Trinajstić information content (AvgIpc) is 3.13. The van der Waals surface area contributed by atoms with Crippen LogP contribution in [0.4, 0.5) is 13.2 Å². The molecule has 0 amide bonds. The van der Waals surface area contributed by atoms with E-state index in [1.807, 2.05) is 6.07 Å². The SMILES string of the molecule is CCCCC=C=C(c1ccccc1OC)[P+](c1ccccc1)(c1ccccc1)c1ccccc1.O=S(=O)([O-])C(F)(F)F.[C-]#[O+].[C-]#[O+].[C-]#[O+].[Cr]. The summed E-state index contributed by atoms with van der Waals surface area (Å²) in [4.78, 5) is 0. The second kappa shape index (κ2) is 25.1. The summed E-state index contributed by atoms with van der Waals surface area (Å²) in [5.74, 6) is 0.876. The molecule has 0 saturated heterocycles. The van der Waals surface area contributed by atoms with Crippen LogP contribution in [0.1, 0.15) is 31.7 Å². The second-order valence-electron chi connectivity index (χ2n) is 9.12. The van der Waals surface area contributed by atoms with Crippen LogP contribution in [-0.4, -0.2) is 25.6 Å². The number of halogens is 3. The molecule has 4 aromatic carbocycles. The summed E-state index contributed by atoms with van der Waals surface area (Å²) in [6, 6.07) is 41.2. The van der Waals surface area contributed by atoms with E-state index in [4.69, 9.17) is 31.7 Å². The van der Waals surface area contributed by atoms with Crippen molar-refractivity contribution in [2.45, 2.75) is 31.7 Å². The summed E-state index contributed by atoms with van der Waals surface area (Å²) in [7, 11) is -6.62. The van der Waals surface area contributed by atoms with Crippen LogP contribution in [0, 0.1) is 20.0 Å². The largest absolute Gasteiger partial charge is 0 e. The molecule has 4 aromatic rings. The van der Waals surface area contributed by atoms with Gasteiger partial charge < -0.3 is 9.29 Å². The first-order valence-corrected chi connectivity index (χ1v) is 17.1. The molecule has 0 saturated carbocycles. The molecule has 0 fully saturated rings. The van der Waals surface area contributed by atoms with Crippen molar-refractivity contribution in [1.82, 2.24) is 0 Å². The molecule has 0 aliphatic carbocycles. The topological polar surface area (TPSA) is 126 Å². The first-order valence-electron chi connectivity index (χ1n) is 13.9. The van der Waals surface area contributed by atoms with Crippen molar-refractivity contribution in [1.29, 1.82) is 0 Å². The zero-order chi connectivity index (χ0) is 36.6. The van der Waals surface area contributed by atoms with Gasteiger partial charge in [-0.3, -0.25) is 0 Å². The van der Waals surface area contributed by atoms with Crippen molar-refractivity contribution >= 4 is 38.6 Å². The Morgan fingerprint density at radius 1 is 0.776 bits per heavy atom. The molecule has 0 spiro atoms. The Bertz CT molecular complexity index is 1630. The number of hydrogen-bond acceptors (Lipinski definition) is 4. The number of para-hydroxylation sites is 1. The fourth-order valence-corrected chi connectivity index (χ4v) is 8.82. The van der Waals surface area contributed by atoms with Crippen LogP contribution in [0.5, 0.6) is 5.75 Å². The summed E-state index contributed by atoms with van der Waals surface area (Å²) in [6.45, 7) is 15.7. The number of ether oxygens (including phenoxy) is 1. The van der Waals surface area contributed by atoms with E-state index in [1.54, 1.807) is 7.11 Å². The van der Waals surface area contributed by atoms with E-state index in [1.165, 1.54) is 27.6 Å². The maximum atomic E-state index is 10.7. The summed E-state index contributed by atoms with van der Waals surface area (Å²) in [5, 5.41) is 5.13. The molecular formula is C36H32CrF3O7PS. The maximum absolute atomic E-state index is 10.7. The van der Waals surface area contributed by atoms with E-state index in [0.717, 1.165) is 24.2 Å². The predicted molar refractivity (Wildman–Crippen MR) is 177 cm³/mol. The first kappa shape index (κ1) is 47.2. The van der Waals surface area contributed by atoms with Crippen LogP contribution in [0.3, 0.4) is 0 Å². The van der Waals surface area contributed by atoms with Crippen LogP contribution in [0.25, 0.3) is 5.31 Å². The van der Waals surface area contributed by atoms with Crippen LogP contribution in [-0.2, 0) is 41.4 Å². The Morgan fingerprint density at radius 3 is 1.45 bits per heavy atom. The molecule has 0 aliphatic heterocycles. The quantitative estimate of drug-likeness (QED) is 0.0339. The van der Waals surface area contributed by atoms with Gasteiger partial charge in [0.05, 0.1) is 12.7 Å². The fraction of sp³-hybridized carbons (Fsp3) is 0.167. The normalized spacial score (nSPS) is 9.96. The summed E-state index contributed by atoms with van der Waals surface area (Å²) >= 11 is 0. The van der Waals surface area contributed by atoms with Gasteiger partial charge in [0.15, 0.2) is 22.7 Å². The van der Waals surface area contributed by atoms with Crippen molar-refractivity contribution in [3.8, 4) is 5.75 Å². The molecule has 0 radical (unpaired) electrons. The van der Waals surface area contributed by atoms with Gasteiger partial charge in [0.2, 0.25) is 0 Å². The van der Waals surface area contributed by atoms with Gasteiger partial charge in [-0.05, 0) is 67.4 Å². The third kappa shape index (κ3) is 13.5. The molecule has 0 heterocycles. The van der Waals surface area contributed by atoms with Crippen molar-refractivity contribution in [2.24, 2.45) is 0 Å². The number of unbranched alkanes of at least 4 members (excludes halogenated alkanes) is 2. The number of rotatable bonds is 9. The zero-order valence-corrected chi connectivity index (χ0v) is 29.4. The Balaban J connectivity index is 0. The monoisotopic (exact) mass is 748 g/mol. The van der Waals surface area contributed by atoms with Gasteiger partial charge in [-0.1, -0.05) is 85.8 Å². The molecule has 256 valence electrons. The Morgan fingerprint density at radius 2 is 1.12 bits per heavy atom. The summed E-state index contributed by atoms with van der Waals surface area (Å²) in [6.07, 6.45) is 5.56. The number of alkyl halides is 3. The molecule has 13 heteroatoms. The van der Waals surface area contributed by atoms with Gasteiger partial charge in [-0.2, -0.15) is 13.2 Å². The van der Waals surface area contributed by atoms with Crippen molar-refractivity contribution < 1.29 is 62.2 Å². The minimum absolute atomic E-state index is 0. The summed E-state index contributed by atoms with van der Waals surface area (Å²) < 4.78 is 87.3. The minimum Gasteiger partial charge on any atom is 0 e. The van der Waals surface area contributed by atoms with Gasteiger partial charge in [0, 0.05) is 17.4 Å². The van der Waals surface area contributed by atoms with Crippen LogP contribution < -0.4 is 20.7 Å². The van der Waals surface area contributed by atoms with Gasteiger partial charge in [-0.25, -0.2) is 8.42 Å². The van der Waals surface area contributed by atoms with E-state index in [9.17, 15) is 13.2 Å². The van der Waals surface area contributed by atoms with Crippen molar-refractivity contribution in [3.05, 3.63) is 153 Å². The minimum atomic E-state index is -6.09. The standard InChI is InChI=1S/C32H32OP.CHF3O3S.3CO.Cr/c1-3-4-5-15-26-32(30-24-16-17-25-31(30)33-2)34(27-18-9-6-10-19-27,28-20-11-7-12-21-28)29-22-13-8-14-23-29;2-1(3,4)8(5,6)7;3*1-2;/h6-25H,3-5H2,1-2H3;(H,5,6,7);;;;/q+1;;;;;/p-1. The second-order valence-corrected chi connectivity index (χ2v) is 13.8. The van der Waals surface area contributed by atoms with E-state index < -0.39 is 22.9 Å². The van der Waals surface area contributed by atoms with Crippen LogP contribution in [0.15, 0.2) is 127 Å². The third-order valence-corrected chi connectivity index (χ3v) is 11.2. The maximum Gasteiger partial charge on any atom is 0 e.